The molecule has 0 aliphatic rings. The number of pyridine rings is 1. The maximum atomic E-state index is 13.1. The highest BCUT2D eigenvalue weighted by Gasteiger charge is 2.15. The summed E-state index contributed by atoms with van der Waals surface area (Å²) >= 11 is 1.31. The number of thiophene rings is 1. The van der Waals surface area contributed by atoms with E-state index < -0.39 is 0 Å². The van der Waals surface area contributed by atoms with Crippen LogP contribution in [0.4, 0.5) is 5.69 Å². The summed E-state index contributed by atoms with van der Waals surface area (Å²) in [7, 11) is 0. The SMILES string of the molecule is CCc1ccccc1NC(=O)Cn1cnc2c(sc3nc(-c4ccccc4)ccc32)c1=O. The number of carbonyl (C=O) groups is 1. The summed E-state index contributed by atoms with van der Waals surface area (Å²) in [5.74, 6) is -0.264. The van der Waals surface area contributed by atoms with Crippen molar-refractivity contribution in [1.29, 1.82) is 0 Å². The van der Waals surface area contributed by atoms with Gasteiger partial charge < -0.3 is 5.32 Å². The number of nitrogens with one attached hydrogen (secondary N) is 1. The molecule has 0 saturated carbocycles. The van der Waals surface area contributed by atoms with Crippen molar-refractivity contribution in [2.75, 3.05) is 5.32 Å². The third-order valence-corrected chi connectivity index (χ3v) is 6.44. The number of hydrogen-bond acceptors (Lipinski definition) is 5. The first-order chi connectivity index (χ1) is 15.6. The molecule has 6 nitrogen and oxygen atoms in total. The summed E-state index contributed by atoms with van der Waals surface area (Å²) in [5, 5.41) is 3.74. The van der Waals surface area contributed by atoms with E-state index in [1.54, 1.807) is 0 Å². The van der Waals surface area contributed by atoms with Gasteiger partial charge in [0.2, 0.25) is 5.91 Å². The van der Waals surface area contributed by atoms with E-state index in [4.69, 9.17) is 4.98 Å². The average molecular weight is 441 g/mol. The first kappa shape index (κ1) is 20.1. The average Bonchev–Trinajstić information content (AvgIpc) is 3.20. The Morgan fingerprint density at radius 1 is 1.03 bits per heavy atom. The van der Waals surface area contributed by atoms with Crippen molar-refractivity contribution in [2.45, 2.75) is 19.9 Å². The van der Waals surface area contributed by atoms with E-state index in [2.05, 4.69) is 10.3 Å². The van der Waals surface area contributed by atoms with Gasteiger partial charge in [0.1, 0.15) is 16.1 Å². The topological polar surface area (TPSA) is 76.9 Å². The highest BCUT2D eigenvalue weighted by Crippen LogP contribution is 2.31. The summed E-state index contributed by atoms with van der Waals surface area (Å²) in [5.41, 5.74) is 4.06. The number of benzene rings is 2. The molecule has 0 bridgehead atoms. The van der Waals surface area contributed by atoms with Gasteiger partial charge >= 0.3 is 0 Å². The lowest BCUT2D eigenvalue weighted by molar-refractivity contribution is -0.116. The van der Waals surface area contributed by atoms with Gasteiger partial charge in [0.15, 0.2) is 0 Å². The second-order valence-corrected chi connectivity index (χ2v) is 8.43. The van der Waals surface area contributed by atoms with E-state index >= 15 is 0 Å². The normalized spacial score (nSPS) is 11.2. The monoisotopic (exact) mass is 440 g/mol. The Labute approximate surface area is 188 Å². The molecule has 0 radical (unpaired) electrons. The first-order valence-electron chi connectivity index (χ1n) is 10.4. The molecule has 1 N–H and O–H groups in total. The molecule has 1 amide bonds. The van der Waals surface area contributed by atoms with E-state index in [0.29, 0.717) is 10.2 Å². The van der Waals surface area contributed by atoms with Crippen LogP contribution in [-0.4, -0.2) is 20.4 Å². The molecular formula is C25H20N4O2S. The molecule has 3 heterocycles. The number of nitrogens with zero attached hydrogens (tertiary/aromatic N) is 3. The van der Waals surface area contributed by atoms with Crippen LogP contribution in [0, 0.1) is 0 Å². The van der Waals surface area contributed by atoms with Gasteiger partial charge in [0, 0.05) is 16.6 Å². The molecule has 158 valence electrons. The maximum absolute atomic E-state index is 13.1. The van der Waals surface area contributed by atoms with Crippen molar-refractivity contribution >= 4 is 43.4 Å². The van der Waals surface area contributed by atoms with Crippen LogP contribution >= 0.6 is 11.3 Å². The number of anilines is 1. The van der Waals surface area contributed by atoms with Crippen LogP contribution in [0.25, 0.3) is 31.7 Å². The smallest absolute Gasteiger partial charge is 0.271 e. The Hall–Kier alpha value is -3.84. The van der Waals surface area contributed by atoms with Crippen LogP contribution in [0.1, 0.15) is 12.5 Å². The molecule has 0 aliphatic heterocycles. The number of aryl methyl sites for hydroxylation is 1. The van der Waals surface area contributed by atoms with Crippen LogP contribution in [0.2, 0.25) is 0 Å². The van der Waals surface area contributed by atoms with Crippen molar-refractivity contribution in [1.82, 2.24) is 14.5 Å². The lowest BCUT2D eigenvalue weighted by Crippen LogP contribution is -2.27. The molecule has 0 saturated heterocycles. The Morgan fingerprint density at radius 2 is 1.81 bits per heavy atom. The number of fused-ring (bicyclic) bond motifs is 3. The molecular weight excluding hydrogens is 420 g/mol. The number of amides is 1. The maximum Gasteiger partial charge on any atom is 0.271 e. The van der Waals surface area contributed by atoms with Crippen molar-refractivity contribution < 1.29 is 4.79 Å². The van der Waals surface area contributed by atoms with Gasteiger partial charge in [-0.25, -0.2) is 9.97 Å². The van der Waals surface area contributed by atoms with Gasteiger partial charge in [0.25, 0.3) is 5.56 Å². The predicted octanol–water partition coefficient (Wildman–Crippen LogP) is 4.87. The van der Waals surface area contributed by atoms with E-state index in [9.17, 15) is 9.59 Å². The van der Waals surface area contributed by atoms with E-state index in [-0.39, 0.29) is 18.0 Å². The van der Waals surface area contributed by atoms with Crippen LogP contribution in [-0.2, 0) is 17.8 Å². The van der Waals surface area contributed by atoms with Crippen molar-refractivity contribution in [3.63, 3.8) is 0 Å². The minimum atomic E-state index is -0.264. The summed E-state index contributed by atoms with van der Waals surface area (Å²) in [6, 6.07) is 21.5. The second-order valence-electron chi connectivity index (χ2n) is 7.43. The first-order valence-corrected chi connectivity index (χ1v) is 11.2. The zero-order valence-electron chi connectivity index (χ0n) is 17.4. The van der Waals surface area contributed by atoms with E-state index in [0.717, 1.165) is 39.1 Å². The third-order valence-electron chi connectivity index (χ3n) is 5.37. The molecule has 0 aliphatic carbocycles. The van der Waals surface area contributed by atoms with Gasteiger partial charge in [0.05, 0.1) is 17.5 Å². The number of para-hydroxylation sites is 1. The molecule has 5 rings (SSSR count). The van der Waals surface area contributed by atoms with Gasteiger partial charge in [-0.2, -0.15) is 0 Å². The Morgan fingerprint density at radius 3 is 2.62 bits per heavy atom. The quantitative estimate of drug-likeness (QED) is 0.423. The van der Waals surface area contributed by atoms with Crippen LogP contribution in [0.3, 0.4) is 0 Å². The molecule has 0 atom stereocenters. The molecule has 2 aromatic carbocycles. The van der Waals surface area contributed by atoms with Crippen LogP contribution < -0.4 is 10.9 Å². The summed E-state index contributed by atoms with van der Waals surface area (Å²) < 4.78 is 1.85. The molecule has 7 heteroatoms. The molecule has 0 spiro atoms. The standard InChI is InChI=1S/C25H20N4O2S/c1-2-16-8-6-7-11-19(16)27-21(30)14-29-15-26-22-18-12-13-20(17-9-4-3-5-10-17)28-24(18)32-23(22)25(29)31/h3-13,15H,2,14H2,1H3,(H,27,30). The van der Waals surface area contributed by atoms with E-state index in [1.165, 1.54) is 22.2 Å². The molecule has 0 fully saturated rings. The zero-order valence-corrected chi connectivity index (χ0v) is 18.2. The molecule has 3 aromatic heterocycles. The number of rotatable bonds is 5. The Bertz CT molecular complexity index is 1510. The number of hydrogen-bond donors (Lipinski definition) is 1. The summed E-state index contributed by atoms with van der Waals surface area (Å²) in [6.07, 6.45) is 2.25. The lowest BCUT2D eigenvalue weighted by Gasteiger charge is -2.10. The minimum Gasteiger partial charge on any atom is -0.324 e. The Balaban J connectivity index is 1.47. The molecule has 0 unspecified atom stereocenters. The van der Waals surface area contributed by atoms with Crippen molar-refractivity contribution in [3.05, 3.63) is 89.0 Å². The highest BCUT2D eigenvalue weighted by atomic mass is 32.1. The summed E-state index contributed by atoms with van der Waals surface area (Å²) in [4.78, 5) is 35.7. The van der Waals surface area contributed by atoms with E-state index in [1.807, 2.05) is 73.7 Å². The van der Waals surface area contributed by atoms with Gasteiger partial charge in [-0.1, -0.05) is 55.5 Å². The zero-order chi connectivity index (χ0) is 22.1. The number of aromatic nitrogens is 3. The van der Waals surface area contributed by atoms with Gasteiger partial charge in [-0.3, -0.25) is 14.2 Å². The molecule has 5 aromatic rings. The fourth-order valence-electron chi connectivity index (χ4n) is 3.73. The van der Waals surface area contributed by atoms with Crippen molar-refractivity contribution in [3.8, 4) is 11.3 Å². The fraction of sp³-hybridized carbons (Fsp3) is 0.120. The fourth-order valence-corrected chi connectivity index (χ4v) is 4.80. The van der Waals surface area contributed by atoms with Gasteiger partial charge in [-0.15, -0.1) is 11.3 Å². The highest BCUT2D eigenvalue weighted by molar-refractivity contribution is 7.25. The Kier molecular flexibility index (Phi) is 5.25. The lowest BCUT2D eigenvalue weighted by atomic mass is 10.1. The third kappa shape index (κ3) is 3.67. The van der Waals surface area contributed by atoms with Crippen LogP contribution in [0.15, 0.2) is 77.9 Å². The second kappa shape index (κ2) is 8.36. The number of carbonyl (C=O) groups excluding carboxylic acids is 1. The largest absolute Gasteiger partial charge is 0.324 e. The van der Waals surface area contributed by atoms with Crippen LogP contribution in [0.5, 0.6) is 0 Å². The molecule has 32 heavy (non-hydrogen) atoms. The summed E-state index contributed by atoms with van der Waals surface area (Å²) in [6.45, 7) is 1.93. The minimum absolute atomic E-state index is 0.100. The van der Waals surface area contributed by atoms with Gasteiger partial charge in [-0.05, 0) is 30.2 Å². The predicted molar refractivity (Wildman–Crippen MR) is 129 cm³/mol. The van der Waals surface area contributed by atoms with Crippen molar-refractivity contribution in [2.24, 2.45) is 0 Å².